The fourth-order valence-corrected chi connectivity index (χ4v) is 2.10. The molecular weight excluding hydrogens is 248 g/mol. The number of nitrogens with zero attached hydrogens (tertiary/aromatic N) is 1. The normalized spacial score (nSPS) is 12.2. The van der Waals surface area contributed by atoms with Crippen molar-refractivity contribution >= 4 is 11.6 Å². The summed E-state index contributed by atoms with van der Waals surface area (Å²) in [6, 6.07) is 11.3. The van der Waals surface area contributed by atoms with Gasteiger partial charge in [-0.3, -0.25) is 0 Å². The molecule has 94 valence electrons. The Morgan fingerprint density at radius 2 is 2.17 bits per heavy atom. The molecule has 2 rings (SSSR count). The fraction of sp³-hybridized carbons (Fsp3) is 0.214. The predicted octanol–water partition coefficient (Wildman–Crippen LogP) is 2.99. The van der Waals surface area contributed by atoms with Crippen LogP contribution in [0.3, 0.4) is 0 Å². The molecule has 1 atom stereocenters. The minimum atomic E-state index is -0.160. The molecule has 0 aliphatic carbocycles. The van der Waals surface area contributed by atoms with Gasteiger partial charge in [0, 0.05) is 22.8 Å². The summed E-state index contributed by atoms with van der Waals surface area (Å²) in [5.41, 5.74) is 8.19. The lowest BCUT2D eigenvalue weighted by atomic mass is 10.0. The molecule has 3 nitrogen and oxygen atoms in total. The van der Waals surface area contributed by atoms with Crippen molar-refractivity contribution in [1.29, 1.82) is 0 Å². The van der Waals surface area contributed by atoms with Crippen LogP contribution in [0.4, 0.5) is 0 Å². The monoisotopic (exact) mass is 262 g/mol. The molecule has 1 aromatic heterocycles. The van der Waals surface area contributed by atoms with Crippen LogP contribution in [0.2, 0.25) is 5.02 Å². The van der Waals surface area contributed by atoms with Gasteiger partial charge in [-0.1, -0.05) is 29.8 Å². The van der Waals surface area contributed by atoms with Crippen molar-refractivity contribution in [3.05, 3.63) is 58.7 Å². The molecule has 0 aliphatic rings. The largest absolute Gasteiger partial charge is 0.481 e. The Hall–Kier alpha value is -1.58. The topological polar surface area (TPSA) is 48.1 Å². The Labute approximate surface area is 112 Å². The van der Waals surface area contributed by atoms with Crippen LogP contribution in [-0.4, -0.2) is 12.1 Å². The van der Waals surface area contributed by atoms with E-state index in [2.05, 4.69) is 4.98 Å². The number of ether oxygens (including phenoxy) is 1. The standard InChI is InChI=1S/C14H15ClN2O/c1-18-14-12(6-3-7-17-14)13(16)9-10-4-2-5-11(15)8-10/h2-8,13H,9,16H2,1H3. The highest BCUT2D eigenvalue weighted by atomic mass is 35.5. The first-order valence-corrected chi connectivity index (χ1v) is 6.07. The highest BCUT2D eigenvalue weighted by molar-refractivity contribution is 6.30. The fourth-order valence-electron chi connectivity index (χ4n) is 1.88. The molecular formula is C14H15ClN2O. The van der Waals surface area contributed by atoms with Crippen molar-refractivity contribution in [3.8, 4) is 5.88 Å². The lowest BCUT2D eigenvalue weighted by Gasteiger charge is -2.14. The Balaban J connectivity index is 2.19. The average molecular weight is 263 g/mol. The number of aromatic nitrogens is 1. The molecule has 1 unspecified atom stereocenters. The van der Waals surface area contributed by atoms with Gasteiger partial charge < -0.3 is 10.5 Å². The second-order valence-electron chi connectivity index (χ2n) is 4.04. The molecule has 0 fully saturated rings. The van der Waals surface area contributed by atoms with Gasteiger partial charge in [0.25, 0.3) is 0 Å². The van der Waals surface area contributed by atoms with Gasteiger partial charge in [0.2, 0.25) is 5.88 Å². The van der Waals surface area contributed by atoms with Crippen LogP contribution in [-0.2, 0) is 6.42 Å². The SMILES string of the molecule is COc1ncccc1C(N)Cc1cccc(Cl)c1. The molecule has 1 heterocycles. The highest BCUT2D eigenvalue weighted by Crippen LogP contribution is 2.24. The van der Waals surface area contributed by atoms with E-state index in [-0.39, 0.29) is 6.04 Å². The summed E-state index contributed by atoms with van der Waals surface area (Å²) in [7, 11) is 1.60. The van der Waals surface area contributed by atoms with E-state index in [0.717, 1.165) is 16.1 Å². The number of methoxy groups -OCH3 is 1. The van der Waals surface area contributed by atoms with E-state index < -0.39 is 0 Å². The van der Waals surface area contributed by atoms with Crippen LogP contribution in [0, 0.1) is 0 Å². The van der Waals surface area contributed by atoms with Gasteiger partial charge in [0.05, 0.1) is 7.11 Å². The number of halogens is 1. The Kier molecular flexibility index (Phi) is 4.18. The third kappa shape index (κ3) is 3.00. The van der Waals surface area contributed by atoms with Crippen LogP contribution in [0.5, 0.6) is 5.88 Å². The van der Waals surface area contributed by atoms with Gasteiger partial charge in [-0.25, -0.2) is 4.98 Å². The van der Waals surface area contributed by atoms with Crippen molar-refractivity contribution in [2.24, 2.45) is 5.73 Å². The van der Waals surface area contributed by atoms with E-state index >= 15 is 0 Å². The zero-order valence-corrected chi connectivity index (χ0v) is 10.9. The summed E-state index contributed by atoms with van der Waals surface area (Å²) in [6.45, 7) is 0. The molecule has 0 saturated carbocycles. The van der Waals surface area contributed by atoms with Gasteiger partial charge in [0.1, 0.15) is 0 Å². The summed E-state index contributed by atoms with van der Waals surface area (Å²) in [5.74, 6) is 0.576. The predicted molar refractivity (Wildman–Crippen MR) is 72.9 cm³/mol. The maximum absolute atomic E-state index is 6.19. The van der Waals surface area contributed by atoms with E-state index in [4.69, 9.17) is 22.1 Å². The molecule has 2 N–H and O–H groups in total. The molecule has 0 bridgehead atoms. The third-order valence-corrected chi connectivity index (χ3v) is 2.97. The van der Waals surface area contributed by atoms with Crippen molar-refractivity contribution in [3.63, 3.8) is 0 Å². The number of hydrogen-bond donors (Lipinski definition) is 1. The van der Waals surface area contributed by atoms with Crippen molar-refractivity contribution in [1.82, 2.24) is 4.98 Å². The van der Waals surface area contributed by atoms with Crippen LogP contribution < -0.4 is 10.5 Å². The smallest absolute Gasteiger partial charge is 0.217 e. The number of pyridine rings is 1. The van der Waals surface area contributed by atoms with Crippen LogP contribution in [0.25, 0.3) is 0 Å². The van der Waals surface area contributed by atoms with Crippen molar-refractivity contribution in [2.45, 2.75) is 12.5 Å². The Morgan fingerprint density at radius 3 is 2.89 bits per heavy atom. The minimum absolute atomic E-state index is 0.160. The second-order valence-corrected chi connectivity index (χ2v) is 4.48. The highest BCUT2D eigenvalue weighted by Gasteiger charge is 2.13. The van der Waals surface area contributed by atoms with Crippen LogP contribution in [0.1, 0.15) is 17.2 Å². The van der Waals surface area contributed by atoms with Gasteiger partial charge >= 0.3 is 0 Å². The number of nitrogens with two attached hydrogens (primary N) is 1. The Morgan fingerprint density at radius 1 is 1.33 bits per heavy atom. The van der Waals surface area contributed by atoms with E-state index in [1.807, 2.05) is 36.4 Å². The van der Waals surface area contributed by atoms with Gasteiger partial charge in [-0.15, -0.1) is 0 Å². The summed E-state index contributed by atoms with van der Waals surface area (Å²) < 4.78 is 5.21. The maximum Gasteiger partial charge on any atom is 0.217 e. The molecule has 4 heteroatoms. The average Bonchev–Trinajstić information content (AvgIpc) is 2.38. The first-order chi connectivity index (χ1) is 8.70. The van der Waals surface area contributed by atoms with E-state index in [9.17, 15) is 0 Å². The first kappa shape index (κ1) is 12.9. The zero-order valence-electron chi connectivity index (χ0n) is 10.1. The third-order valence-electron chi connectivity index (χ3n) is 2.74. The van der Waals surface area contributed by atoms with Gasteiger partial charge in [-0.05, 0) is 30.2 Å². The van der Waals surface area contributed by atoms with Gasteiger partial charge in [0.15, 0.2) is 0 Å². The first-order valence-electron chi connectivity index (χ1n) is 5.69. The van der Waals surface area contributed by atoms with Gasteiger partial charge in [-0.2, -0.15) is 0 Å². The molecule has 18 heavy (non-hydrogen) atoms. The number of rotatable bonds is 4. The van der Waals surface area contributed by atoms with Crippen LogP contribution >= 0.6 is 11.6 Å². The quantitative estimate of drug-likeness (QED) is 0.922. The zero-order chi connectivity index (χ0) is 13.0. The summed E-state index contributed by atoms with van der Waals surface area (Å²) in [4.78, 5) is 4.15. The summed E-state index contributed by atoms with van der Waals surface area (Å²) >= 11 is 5.96. The number of hydrogen-bond acceptors (Lipinski definition) is 3. The minimum Gasteiger partial charge on any atom is -0.481 e. The van der Waals surface area contributed by atoms with Crippen molar-refractivity contribution < 1.29 is 4.74 Å². The van der Waals surface area contributed by atoms with E-state index in [1.54, 1.807) is 13.3 Å². The second kappa shape index (κ2) is 5.85. The lowest BCUT2D eigenvalue weighted by molar-refractivity contribution is 0.388. The molecule has 0 spiro atoms. The van der Waals surface area contributed by atoms with Crippen LogP contribution in [0.15, 0.2) is 42.6 Å². The molecule has 0 amide bonds. The molecule has 2 aromatic rings. The van der Waals surface area contributed by atoms with E-state index in [0.29, 0.717) is 12.3 Å². The summed E-state index contributed by atoms with van der Waals surface area (Å²) in [6.07, 6.45) is 2.39. The molecule has 1 aromatic carbocycles. The van der Waals surface area contributed by atoms with Crippen molar-refractivity contribution in [2.75, 3.05) is 7.11 Å². The summed E-state index contributed by atoms with van der Waals surface area (Å²) in [5, 5.41) is 0.720. The van der Waals surface area contributed by atoms with E-state index in [1.165, 1.54) is 0 Å². The molecule has 0 saturated heterocycles. The Bertz CT molecular complexity index is 531. The molecule has 0 radical (unpaired) electrons. The molecule has 0 aliphatic heterocycles. The maximum atomic E-state index is 6.19. The lowest BCUT2D eigenvalue weighted by Crippen LogP contribution is -2.15. The number of benzene rings is 1.